The molecule has 1 unspecified atom stereocenters. The van der Waals surface area contributed by atoms with Crippen molar-refractivity contribution < 1.29 is 4.79 Å². The molecular weight excluding hydrogens is 332 g/mol. The van der Waals surface area contributed by atoms with Crippen LogP contribution in [0.15, 0.2) is 36.8 Å². The predicted octanol–water partition coefficient (Wildman–Crippen LogP) is 1.28. The van der Waals surface area contributed by atoms with Gasteiger partial charge in [0.15, 0.2) is 0 Å². The summed E-state index contributed by atoms with van der Waals surface area (Å²) < 4.78 is 0. The van der Waals surface area contributed by atoms with E-state index >= 15 is 0 Å². The van der Waals surface area contributed by atoms with Crippen molar-refractivity contribution >= 4 is 34.4 Å². The third-order valence-electron chi connectivity index (χ3n) is 3.85. The van der Waals surface area contributed by atoms with Crippen molar-refractivity contribution in [3.8, 4) is 0 Å². The van der Waals surface area contributed by atoms with Crippen LogP contribution >= 0.6 is 0 Å². The Kier molecular flexibility index (Phi) is 5.18. The molecule has 0 saturated heterocycles. The summed E-state index contributed by atoms with van der Waals surface area (Å²) in [5.41, 5.74) is 7.87. The van der Waals surface area contributed by atoms with E-state index in [1.807, 2.05) is 32.2 Å². The Bertz CT molecular complexity index is 930. The maximum atomic E-state index is 11.7. The first kappa shape index (κ1) is 17.5. The van der Waals surface area contributed by atoms with Crippen LogP contribution in [0, 0.1) is 0 Å². The summed E-state index contributed by atoms with van der Waals surface area (Å²) in [5.74, 6) is 0.124. The van der Waals surface area contributed by atoms with Gasteiger partial charge in [-0.3, -0.25) is 14.8 Å². The van der Waals surface area contributed by atoms with Gasteiger partial charge >= 0.3 is 0 Å². The van der Waals surface area contributed by atoms with Gasteiger partial charge in [0.25, 0.3) is 5.91 Å². The fraction of sp³-hybridized carbons (Fsp3) is 0.235. The predicted molar refractivity (Wildman–Crippen MR) is 100 cm³/mol. The number of likely N-dealkylation sites (N-methyl/N-ethyl adjacent to an activating group) is 1. The summed E-state index contributed by atoms with van der Waals surface area (Å²) in [4.78, 5) is 28.7. The van der Waals surface area contributed by atoms with E-state index < -0.39 is 5.91 Å². The lowest BCUT2D eigenvalue weighted by Gasteiger charge is -2.14. The van der Waals surface area contributed by atoms with Gasteiger partial charge in [0.2, 0.25) is 5.95 Å². The van der Waals surface area contributed by atoms with Crippen LogP contribution in [-0.4, -0.2) is 45.5 Å². The Labute approximate surface area is 150 Å². The Morgan fingerprint density at radius 1 is 1.19 bits per heavy atom. The minimum absolute atomic E-state index is 0.205. The molecule has 0 aliphatic carbocycles. The lowest BCUT2D eigenvalue weighted by atomic mass is 10.2. The number of carbonyl (C=O) groups excluding carboxylic acids is 1. The molecule has 3 aromatic rings. The van der Waals surface area contributed by atoms with Gasteiger partial charge in [0, 0.05) is 36.9 Å². The van der Waals surface area contributed by atoms with E-state index in [2.05, 4.69) is 35.9 Å². The SMILES string of the molecule is CNC(C)CNc1ncc(C(N)=O)c(Nc2ccc3nccnc3c2)n1. The number of nitrogens with two attached hydrogens (primary N) is 1. The molecule has 0 aliphatic rings. The van der Waals surface area contributed by atoms with E-state index in [0.29, 0.717) is 24.0 Å². The molecule has 0 fully saturated rings. The van der Waals surface area contributed by atoms with E-state index in [4.69, 9.17) is 5.73 Å². The summed E-state index contributed by atoms with van der Waals surface area (Å²) in [6, 6.07) is 5.74. The quantitative estimate of drug-likeness (QED) is 0.500. The normalized spacial score (nSPS) is 11.9. The van der Waals surface area contributed by atoms with Crippen LogP contribution in [0.3, 0.4) is 0 Å². The molecule has 26 heavy (non-hydrogen) atoms. The molecule has 2 heterocycles. The Morgan fingerprint density at radius 3 is 2.69 bits per heavy atom. The standard InChI is InChI=1S/C17H20N8O/c1-10(19-2)8-22-17-23-9-12(15(18)26)16(25-17)24-11-3-4-13-14(7-11)21-6-5-20-13/h3-7,9-10,19H,8H2,1-2H3,(H2,18,26)(H2,22,23,24,25). The fourth-order valence-electron chi connectivity index (χ4n) is 2.27. The smallest absolute Gasteiger partial charge is 0.254 e. The van der Waals surface area contributed by atoms with Gasteiger partial charge in [0.1, 0.15) is 11.4 Å². The van der Waals surface area contributed by atoms with Gasteiger partial charge in [-0.15, -0.1) is 0 Å². The van der Waals surface area contributed by atoms with Crippen LogP contribution in [0.2, 0.25) is 0 Å². The molecule has 2 aromatic heterocycles. The van der Waals surface area contributed by atoms with Crippen molar-refractivity contribution in [3.63, 3.8) is 0 Å². The molecule has 3 rings (SSSR count). The first-order valence-corrected chi connectivity index (χ1v) is 8.12. The number of benzene rings is 1. The van der Waals surface area contributed by atoms with Crippen LogP contribution in [0.4, 0.5) is 17.5 Å². The van der Waals surface area contributed by atoms with E-state index in [0.717, 1.165) is 11.0 Å². The summed E-state index contributed by atoms with van der Waals surface area (Å²) >= 11 is 0. The van der Waals surface area contributed by atoms with E-state index in [-0.39, 0.29) is 11.6 Å². The minimum atomic E-state index is -0.608. The first-order valence-electron chi connectivity index (χ1n) is 8.12. The number of amides is 1. The number of hydrogen-bond donors (Lipinski definition) is 4. The highest BCUT2D eigenvalue weighted by Crippen LogP contribution is 2.22. The fourth-order valence-corrected chi connectivity index (χ4v) is 2.27. The van der Waals surface area contributed by atoms with E-state index in [1.54, 1.807) is 12.4 Å². The molecule has 0 spiro atoms. The number of nitrogens with one attached hydrogen (secondary N) is 3. The van der Waals surface area contributed by atoms with Gasteiger partial charge in [-0.1, -0.05) is 0 Å². The molecule has 0 bridgehead atoms. The minimum Gasteiger partial charge on any atom is -0.365 e. The number of anilines is 3. The van der Waals surface area contributed by atoms with E-state index in [9.17, 15) is 4.79 Å². The highest BCUT2D eigenvalue weighted by molar-refractivity contribution is 5.98. The molecule has 9 heteroatoms. The van der Waals surface area contributed by atoms with Gasteiger partial charge < -0.3 is 21.7 Å². The Balaban J connectivity index is 1.88. The molecule has 0 aliphatic heterocycles. The number of rotatable bonds is 7. The van der Waals surface area contributed by atoms with Crippen LogP contribution < -0.4 is 21.7 Å². The average Bonchev–Trinajstić information content (AvgIpc) is 2.66. The van der Waals surface area contributed by atoms with Gasteiger partial charge in [0.05, 0.1) is 11.0 Å². The lowest BCUT2D eigenvalue weighted by molar-refractivity contribution is 0.100. The molecule has 5 N–H and O–H groups in total. The van der Waals surface area contributed by atoms with E-state index in [1.165, 1.54) is 6.20 Å². The zero-order valence-electron chi connectivity index (χ0n) is 14.5. The summed E-state index contributed by atoms with van der Waals surface area (Å²) in [5, 5.41) is 9.35. The van der Waals surface area contributed by atoms with Crippen molar-refractivity contribution in [1.82, 2.24) is 25.3 Å². The van der Waals surface area contributed by atoms with Crippen LogP contribution in [-0.2, 0) is 0 Å². The summed E-state index contributed by atoms with van der Waals surface area (Å²) in [6.07, 6.45) is 4.66. The third-order valence-corrected chi connectivity index (χ3v) is 3.85. The second-order valence-electron chi connectivity index (χ2n) is 5.78. The average molecular weight is 352 g/mol. The topological polar surface area (TPSA) is 131 Å². The zero-order chi connectivity index (χ0) is 18.5. The number of carbonyl (C=O) groups is 1. The molecule has 134 valence electrons. The Hall–Kier alpha value is -3.33. The molecular formula is C17H20N8O. The van der Waals surface area contributed by atoms with Crippen molar-refractivity contribution in [2.24, 2.45) is 5.73 Å². The number of nitrogens with zero attached hydrogens (tertiary/aromatic N) is 4. The summed E-state index contributed by atoms with van der Waals surface area (Å²) in [6.45, 7) is 2.66. The zero-order valence-corrected chi connectivity index (χ0v) is 14.5. The molecule has 0 radical (unpaired) electrons. The molecule has 0 saturated carbocycles. The molecule has 1 amide bonds. The van der Waals surface area contributed by atoms with Crippen molar-refractivity contribution in [2.45, 2.75) is 13.0 Å². The highest BCUT2D eigenvalue weighted by Gasteiger charge is 2.13. The van der Waals surface area contributed by atoms with Crippen molar-refractivity contribution in [3.05, 3.63) is 42.4 Å². The number of aromatic nitrogens is 4. The molecule has 9 nitrogen and oxygen atoms in total. The largest absolute Gasteiger partial charge is 0.365 e. The van der Waals surface area contributed by atoms with Crippen LogP contribution in [0.1, 0.15) is 17.3 Å². The van der Waals surface area contributed by atoms with Crippen molar-refractivity contribution in [2.75, 3.05) is 24.2 Å². The number of hydrogen-bond acceptors (Lipinski definition) is 8. The molecule has 1 aromatic carbocycles. The third kappa shape index (κ3) is 4.01. The maximum Gasteiger partial charge on any atom is 0.254 e. The van der Waals surface area contributed by atoms with Gasteiger partial charge in [-0.05, 0) is 32.2 Å². The summed E-state index contributed by atoms with van der Waals surface area (Å²) in [7, 11) is 1.87. The van der Waals surface area contributed by atoms with Crippen LogP contribution in [0.25, 0.3) is 11.0 Å². The Morgan fingerprint density at radius 2 is 1.96 bits per heavy atom. The number of primary amides is 1. The highest BCUT2D eigenvalue weighted by atomic mass is 16.1. The monoisotopic (exact) mass is 352 g/mol. The first-order chi connectivity index (χ1) is 12.6. The second kappa shape index (κ2) is 7.70. The second-order valence-corrected chi connectivity index (χ2v) is 5.78. The maximum absolute atomic E-state index is 11.7. The van der Waals surface area contributed by atoms with Gasteiger partial charge in [-0.25, -0.2) is 4.98 Å². The van der Waals surface area contributed by atoms with Crippen molar-refractivity contribution in [1.29, 1.82) is 0 Å². The number of fused-ring (bicyclic) bond motifs is 1. The lowest BCUT2D eigenvalue weighted by Crippen LogP contribution is -2.30. The molecule has 1 atom stereocenters. The van der Waals surface area contributed by atoms with Gasteiger partial charge in [-0.2, -0.15) is 4.98 Å². The van der Waals surface area contributed by atoms with Crippen LogP contribution in [0.5, 0.6) is 0 Å².